The fourth-order valence-corrected chi connectivity index (χ4v) is 3.77. The number of carbonyl (C=O) groups excluding carboxylic acids is 3. The molecule has 1 aliphatic rings. The fourth-order valence-electron chi connectivity index (χ4n) is 3.77. The highest BCUT2D eigenvalue weighted by atomic mass is 16.5. The van der Waals surface area contributed by atoms with Gasteiger partial charge in [0.15, 0.2) is 6.61 Å². The minimum atomic E-state index is -0.625. The molecule has 0 bridgehead atoms. The van der Waals surface area contributed by atoms with Crippen molar-refractivity contribution in [2.45, 2.75) is 45.2 Å². The number of likely N-dealkylation sites (tertiary alicyclic amines) is 1. The quantitative estimate of drug-likeness (QED) is 0.807. The monoisotopic (exact) mass is 382 g/mol. The number of piperidine rings is 1. The Morgan fingerprint density at radius 3 is 2.43 bits per heavy atom. The van der Waals surface area contributed by atoms with Crippen LogP contribution in [0.5, 0.6) is 0 Å². The number of rotatable bonds is 5. The Balaban J connectivity index is 1.48. The molecule has 0 radical (unpaired) electrons. The van der Waals surface area contributed by atoms with Crippen LogP contribution in [0.4, 0.5) is 0 Å². The lowest BCUT2D eigenvalue weighted by Gasteiger charge is -2.38. The van der Waals surface area contributed by atoms with Crippen LogP contribution in [0.25, 0.3) is 10.8 Å². The third-order valence-electron chi connectivity index (χ3n) is 5.24. The summed E-state index contributed by atoms with van der Waals surface area (Å²) >= 11 is 0. The highest BCUT2D eigenvalue weighted by molar-refractivity contribution is 5.99. The van der Waals surface area contributed by atoms with Gasteiger partial charge in [-0.25, -0.2) is 0 Å². The van der Waals surface area contributed by atoms with Crippen molar-refractivity contribution in [3.8, 4) is 0 Å². The zero-order valence-corrected chi connectivity index (χ0v) is 16.3. The largest absolute Gasteiger partial charge is 0.454 e. The van der Waals surface area contributed by atoms with E-state index in [1.54, 1.807) is 17.0 Å². The summed E-state index contributed by atoms with van der Waals surface area (Å²) in [6, 6.07) is 13.4. The SMILES string of the molecule is C[C@@H]1CCC[C@H](C)N1C(=O)COC(=O)CNC(=O)c1ccc2ccccc2c1. The molecule has 6 heteroatoms. The average Bonchev–Trinajstić information content (AvgIpc) is 2.70. The first kappa shape index (κ1) is 19.9. The lowest BCUT2D eigenvalue weighted by molar-refractivity contribution is -0.154. The van der Waals surface area contributed by atoms with Crippen LogP contribution in [0.3, 0.4) is 0 Å². The Kier molecular flexibility index (Phi) is 6.29. The first-order valence-corrected chi connectivity index (χ1v) is 9.69. The van der Waals surface area contributed by atoms with E-state index in [0.29, 0.717) is 5.56 Å². The molecule has 0 saturated carbocycles. The van der Waals surface area contributed by atoms with Crippen molar-refractivity contribution < 1.29 is 19.1 Å². The van der Waals surface area contributed by atoms with Crippen LogP contribution in [0.15, 0.2) is 42.5 Å². The van der Waals surface area contributed by atoms with Crippen molar-refractivity contribution in [2.75, 3.05) is 13.2 Å². The highest BCUT2D eigenvalue weighted by Gasteiger charge is 2.29. The summed E-state index contributed by atoms with van der Waals surface area (Å²) in [6.07, 6.45) is 3.03. The van der Waals surface area contributed by atoms with Crippen molar-refractivity contribution in [1.82, 2.24) is 10.2 Å². The second-order valence-corrected chi connectivity index (χ2v) is 7.34. The molecule has 0 unspecified atom stereocenters. The zero-order chi connectivity index (χ0) is 20.1. The van der Waals surface area contributed by atoms with Crippen molar-refractivity contribution in [3.63, 3.8) is 0 Å². The molecule has 1 saturated heterocycles. The predicted molar refractivity (Wildman–Crippen MR) is 107 cm³/mol. The number of hydrogen-bond donors (Lipinski definition) is 1. The minimum Gasteiger partial charge on any atom is -0.454 e. The van der Waals surface area contributed by atoms with Crippen molar-refractivity contribution >= 4 is 28.6 Å². The van der Waals surface area contributed by atoms with Gasteiger partial charge in [0.25, 0.3) is 11.8 Å². The molecule has 0 spiro atoms. The lowest BCUT2D eigenvalue weighted by Crippen LogP contribution is -2.49. The van der Waals surface area contributed by atoms with E-state index in [4.69, 9.17) is 4.74 Å². The van der Waals surface area contributed by atoms with Gasteiger partial charge >= 0.3 is 5.97 Å². The topological polar surface area (TPSA) is 75.7 Å². The van der Waals surface area contributed by atoms with Crippen LogP contribution in [0.2, 0.25) is 0 Å². The number of benzene rings is 2. The van der Waals surface area contributed by atoms with Crippen LogP contribution >= 0.6 is 0 Å². The van der Waals surface area contributed by atoms with Crippen LogP contribution in [0.1, 0.15) is 43.5 Å². The van der Waals surface area contributed by atoms with Crippen molar-refractivity contribution in [2.24, 2.45) is 0 Å². The van der Waals surface area contributed by atoms with Gasteiger partial charge in [0.2, 0.25) is 0 Å². The van der Waals surface area contributed by atoms with E-state index in [9.17, 15) is 14.4 Å². The molecule has 28 heavy (non-hydrogen) atoms. The van der Waals surface area contributed by atoms with E-state index in [2.05, 4.69) is 5.32 Å². The standard InChI is InChI=1S/C22H26N2O4/c1-15-6-5-7-16(2)24(15)20(25)14-28-21(26)13-23-22(27)19-11-10-17-8-3-4-9-18(17)12-19/h3-4,8-12,15-16H,5-7,13-14H2,1-2H3,(H,23,27)/t15-,16+. The maximum atomic E-state index is 12.4. The Morgan fingerprint density at radius 1 is 1.04 bits per heavy atom. The Morgan fingerprint density at radius 2 is 1.71 bits per heavy atom. The Bertz CT molecular complexity index is 870. The summed E-state index contributed by atoms with van der Waals surface area (Å²) in [5.74, 6) is -1.17. The molecule has 1 aliphatic heterocycles. The Hall–Kier alpha value is -2.89. The van der Waals surface area contributed by atoms with Gasteiger partial charge in [0.1, 0.15) is 6.54 Å². The van der Waals surface area contributed by atoms with E-state index in [-0.39, 0.29) is 37.0 Å². The molecular formula is C22H26N2O4. The number of ether oxygens (including phenoxy) is 1. The number of hydrogen-bond acceptors (Lipinski definition) is 4. The number of fused-ring (bicyclic) bond motifs is 1. The van der Waals surface area contributed by atoms with E-state index in [1.807, 2.05) is 44.2 Å². The van der Waals surface area contributed by atoms with Crippen LogP contribution < -0.4 is 5.32 Å². The average molecular weight is 382 g/mol. The van der Waals surface area contributed by atoms with Crippen molar-refractivity contribution in [3.05, 3.63) is 48.0 Å². The molecule has 1 fully saturated rings. The van der Waals surface area contributed by atoms with Gasteiger partial charge in [-0.2, -0.15) is 0 Å². The summed E-state index contributed by atoms with van der Waals surface area (Å²) < 4.78 is 5.07. The third-order valence-corrected chi connectivity index (χ3v) is 5.24. The number of nitrogens with one attached hydrogen (secondary N) is 1. The highest BCUT2D eigenvalue weighted by Crippen LogP contribution is 2.22. The van der Waals surface area contributed by atoms with E-state index in [1.165, 1.54) is 0 Å². The lowest BCUT2D eigenvalue weighted by atomic mass is 9.97. The van der Waals surface area contributed by atoms with Gasteiger partial charge in [0.05, 0.1) is 0 Å². The van der Waals surface area contributed by atoms with E-state index < -0.39 is 5.97 Å². The molecule has 2 aromatic carbocycles. The predicted octanol–water partition coefficient (Wildman–Crippen LogP) is 2.90. The fraction of sp³-hybridized carbons (Fsp3) is 0.409. The maximum Gasteiger partial charge on any atom is 0.325 e. The summed E-state index contributed by atoms with van der Waals surface area (Å²) in [5, 5.41) is 4.54. The summed E-state index contributed by atoms with van der Waals surface area (Å²) in [6.45, 7) is 3.46. The maximum absolute atomic E-state index is 12.4. The number of esters is 1. The summed E-state index contributed by atoms with van der Waals surface area (Å²) in [5.41, 5.74) is 0.471. The molecule has 148 valence electrons. The summed E-state index contributed by atoms with van der Waals surface area (Å²) in [4.78, 5) is 38.4. The summed E-state index contributed by atoms with van der Waals surface area (Å²) in [7, 11) is 0. The molecule has 6 nitrogen and oxygen atoms in total. The molecule has 2 aromatic rings. The second-order valence-electron chi connectivity index (χ2n) is 7.34. The molecular weight excluding hydrogens is 356 g/mol. The molecule has 1 N–H and O–H groups in total. The van der Waals surface area contributed by atoms with Gasteiger partial charge in [-0.3, -0.25) is 14.4 Å². The van der Waals surface area contributed by atoms with Gasteiger partial charge in [0, 0.05) is 17.6 Å². The van der Waals surface area contributed by atoms with Crippen LogP contribution in [-0.4, -0.2) is 47.9 Å². The second kappa shape index (κ2) is 8.87. The number of carbonyl (C=O) groups is 3. The molecule has 3 rings (SSSR count). The van der Waals surface area contributed by atoms with Crippen LogP contribution in [0, 0.1) is 0 Å². The normalized spacial score (nSPS) is 19.3. The molecule has 1 heterocycles. The number of amides is 2. The van der Waals surface area contributed by atoms with Crippen molar-refractivity contribution in [1.29, 1.82) is 0 Å². The Labute approximate surface area is 164 Å². The third kappa shape index (κ3) is 4.68. The van der Waals surface area contributed by atoms with Gasteiger partial charge < -0.3 is 15.0 Å². The molecule has 2 amide bonds. The van der Waals surface area contributed by atoms with E-state index >= 15 is 0 Å². The molecule has 2 atom stereocenters. The first-order valence-electron chi connectivity index (χ1n) is 9.69. The number of nitrogens with zero attached hydrogens (tertiary/aromatic N) is 1. The van der Waals surface area contributed by atoms with E-state index in [0.717, 1.165) is 30.0 Å². The van der Waals surface area contributed by atoms with Gasteiger partial charge in [-0.15, -0.1) is 0 Å². The zero-order valence-electron chi connectivity index (χ0n) is 16.3. The smallest absolute Gasteiger partial charge is 0.325 e. The van der Waals surface area contributed by atoms with Gasteiger partial charge in [-0.1, -0.05) is 30.3 Å². The molecule has 0 aromatic heterocycles. The first-order chi connectivity index (χ1) is 13.5. The minimum absolute atomic E-state index is 0.155. The molecule has 0 aliphatic carbocycles. The van der Waals surface area contributed by atoms with Crippen LogP contribution in [-0.2, 0) is 14.3 Å². The van der Waals surface area contributed by atoms with Gasteiger partial charge in [-0.05, 0) is 56.0 Å².